The first-order valence-corrected chi connectivity index (χ1v) is 19.4. The van der Waals surface area contributed by atoms with E-state index in [4.69, 9.17) is 15.0 Å². The van der Waals surface area contributed by atoms with Crippen molar-refractivity contribution in [2.75, 3.05) is 0 Å². The van der Waals surface area contributed by atoms with Crippen molar-refractivity contribution in [3.63, 3.8) is 0 Å². The molecule has 4 nitrogen and oxygen atoms in total. The maximum absolute atomic E-state index is 5.66. The molecule has 0 atom stereocenters. The van der Waals surface area contributed by atoms with Gasteiger partial charge in [-0.3, -0.25) is 9.55 Å². The molecule has 0 unspecified atom stereocenters. The summed E-state index contributed by atoms with van der Waals surface area (Å²) in [6, 6.07) is 61.3. The van der Waals surface area contributed by atoms with Gasteiger partial charge in [-0.05, 0) is 74.7 Å². The van der Waals surface area contributed by atoms with Crippen molar-refractivity contribution in [1.29, 1.82) is 0 Å². The van der Waals surface area contributed by atoms with Gasteiger partial charge in [-0.25, -0.2) is 9.98 Å². The summed E-state index contributed by atoms with van der Waals surface area (Å²) in [6.07, 6.45) is 5.86. The van der Waals surface area contributed by atoms with Crippen LogP contribution in [0.2, 0.25) is 0 Å². The van der Waals surface area contributed by atoms with Gasteiger partial charge >= 0.3 is 0 Å². The number of allylic oxidation sites excluding steroid dienone is 1. The van der Waals surface area contributed by atoms with Crippen LogP contribution in [0.4, 0.5) is 0 Å². The highest BCUT2D eigenvalue weighted by Gasteiger charge is 2.54. The lowest BCUT2D eigenvalue weighted by atomic mass is 9.70. The Kier molecular flexibility index (Phi) is 6.64. The summed E-state index contributed by atoms with van der Waals surface area (Å²) in [7, 11) is 0. The lowest BCUT2D eigenvalue weighted by molar-refractivity contribution is 0.795. The third-order valence-electron chi connectivity index (χ3n) is 12.2. The number of fused-ring (bicyclic) bond motifs is 17. The number of pyridine rings is 1. The van der Waals surface area contributed by atoms with Crippen molar-refractivity contribution in [2.45, 2.75) is 18.3 Å². The van der Waals surface area contributed by atoms with Crippen LogP contribution < -0.4 is 0 Å². The molecular weight excluding hydrogens is 681 g/mol. The molecule has 0 N–H and O–H groups in total. The predicted octanol–water partition coefficient (Wildman–Crippen LogP) is 12.2. The normalized spacial score (nSPS) is 17.9. The van der Waals surface area contributed by atoms with Gasteiger partial charge in [-0.1, -0.05) is 164 Å². The first-order chi connectivity index (χ1) is 27.8. The molecule has 9 aromatic rings. The molecule has 2 aromatic heterocycles. The summed E-state index contributed by atoms with van der Waals surface area (Å²) >= 11 is 0. The van der Waals surface area contributed by atoms with Crippen molar-refractivity contribution in [2.24, 2.45) is 9.98 Å². The first-order valence-electron chi connectivity index (χ1n) is 19.4. The van der Waals surface area contributed by atoms with Crippen LogP contribution in [0.1, 0.15) is 46.2 Å². The molecule has 262 valence electrons. The third kappa shape index (κ3) is 4.16. The Morgan fingerprint density at radius 3 is 1.88 bits per heavy atom. The molecule has 1 aliphatic heterocycles. The number of nitrogens with zero attached hydrogens (tertiary/aromatic N) is 4. The van der Waals surface area contributed by atoms with Crippen molar-refractivity contribution in [1.82, 2.24) is 9.55 Å². The molecule has 2 aliphatic carbocycles. The second-order valence-electron chi connectivity index (χ2n) is 14.9. The van der Waals surface area contributed by atoms with Crippen molar-refractivity contribution in [3.8, 4) is 22.4 Å². The van der Waals surface area contributed by atoms with E-state index < -0.39 is 5.41 Å². The number of benzene rings is 7. The zero-order valence-electron chi connectivity index (χ0n) is 30.5. The van der Waals surface area contributed by atoms with E-state index in [1.54, 1.807) is 0 Å². The molecule has 0 fully saturated rings. The average Bonchev–Trinajstić information content (AvgIpc) is 3.87. The van der Waals surface area contributed by atoms with E-state index in [9.17, 15) is 0 Å². The third-order valence-corrected chi connectivity index (χ3v) is 12.2. The van der Waals surface area contributed by atoms with Gasteiger partial charge in [0.1, 0.15) is 0 Å². The zero-order chi connectivity index (χ0) is 36.8. The predicted molar refractivity (Wildman–Crippen MR) is 231 cm³/mol. The molecule has 56 heavy (non-hydrogen) atoms. The van der Waals surface area contributed by atoms with Gasteiger partial charge in [0.25, 0.3) is 0 Å². The van der Waals surface area contributed by atoms with E-state index in [0.717, 1.165) is 52.1 Å². The number of aromatic nitrogens is 2. The topological polar surface area (TPSA) is 42.5 Å². The molecule has 7 aromatic carbocycles. The molecule has 0 amide bonds. The summed E-state index contributed by atoms with van der Waals surface area (Å²) in [5.41, 5.74) is 15.4. The Morgan fingerprint density at radius 1 is 0.518 bits per heavy atom. The van der Waals surface area contributed by atoms with Gasteiger partial charge in [0.05, 0.1) is 33.6 Å². The van der Waals surface area contributed by atoms with Gasteiger partial charge in [0.2, 0.25) is 5.96 Å². The van der Waals surface area contributed by atoms with Crippen molar-refractivity contribution in [3.05, 3.63) is 216 Å². The summed E-state index contributed by atoms with van der Waals surface area (Å²) in [5, 5.41) is 4.78. The molecule has 0 saturated heterocycles. The van der Waals surface area contributed by atoms with Gasteiger partial charge in [0, 0.05) is 28.1 Å². The Hall–Kier alpha value is -7.17. The number of hydrogen-bond donors (Lipinski definition) is 0. The highest BCUT2D eigenvalue weighted by molar-refractivity contribution is 6.29. The first kappa shape index (κ1) is 31.2. The standard InChI is InChI=1S/C52H34N4/c1-3-17-33(18-4-1)43-29-15-30-44(34-19-5-2-6-20-34)55-51(54-43)56-45-31-14-11-25-39(45)46-37-23-7-8-24-38(37)47-48(50(46)56)52(42-28-16-32-53-49(42)47)40-26-12-9-21-35(40)36-22-10-13-27-41(36)52/h1-14,16-29,31-32H,15,30H2/b43-29-,54-51+,55-44+. The van der Waals surface area contributed by atoms with E-state index in [-0.39, 0.29) is 0 Å². The van der Waals surface area contributed by atoms with Gasteiger partial charge in [0.15, 0.2) is 0 Å². The van der Waals surface area contributed by atoms with E-state index >= 15 is 0 Å². The highest BCUT2D eigenvalue weighted by atomic mass is 15.2. The minimum Gasteiger partial charge on any atom is -0.278 e. The van der Waals surface area contributed by atoms with Crippen LogP contribution in [0.15, 0.2) is 192 Å². The van der Waals surface area contributed by atoms with Crippen molar-refractivity contribution < 1.29 is 0 Å². The van der Waals surface area contributed by atoms with Crippen LogP contribution in [0.5, 0.6) is 0 Å². The maximum atomic E-state index is 5.66. The fourth-order valence-electron chi connectivity index (χ4n) is 10.0. The smallest absolute Gasteiger partial charge is 0.235 e. The summed E-state index contributed by atoms with van der Waals surface area (Å²) in [6.45, 7) is 0. The molecule has 0 saturated carbocycles. The maximum Gasteiger partial charge on any atom is 0.235 e. The van der Waals surface area contributed by atoms with Crippen molar-refractivity contribution >= 4 is 49.9 Å². The van der Waals surface area contributed by atoms with Crippen LogP contribution >= 0.6 is 0 Å². The van der Waals surface area contributed by atoms with Gasteiger partial charge in [-0.2, -0.15) is 0 Å². The minimum atomic E-state index is -0.632. The minimum absolute atomic E-state index is 0.632. The Balaban J connectivity index is 1.32. The second-order valence-corrected chi connectivity index (χ2v) is 14.9. The molecule has 3 heterocycles. The van der Waals surface area contributed by atoms with Crippen LogP contribution in [0.3, 0.4) is 0 Å². The zero-order valence-corrected chi connectivity index (χ0v) is 30.5. The summed E-state index contributed by atoms with van der Waals surface area (Å²) in [5.74, 6) is 0.654. The molecular formula is C52H34N4. The molecule has 4 heteroatoms. The lowest BCUT2D eigenvalue weighted by Crippen LogP contribution is -2.27. The van der Waals surface area contributed by atoms with Crippen LogP contribution in [-0.4, -0.2) is 21.2 Å². The summed E-state index contributed by atoms with van der Waals surface area (Å²) in [4.78, 5) is 16.5. The van der Waals surface area contributed by atoms with E-state index in [2.05, 4.69) is 181 Å². The second kappa shape index (κ2) is 11.9. The van der Waals surface area contributed by atoms with Gasteiger partial charge in [-0.15, -0.1) is 0 Å². The molecule has 12 rings (SSSR count). The Labute approximate surface area is 324 Å². The SMILES string of the molecule is C1=C(c2ccccc2)/N=C(n2c3ccccc3c3c4ccccc4c4c(c32)C2(c3ccccc3-c3ccccc32)c2cccnc2-4)\N=C(\c2ccccc2)CC\1. The van der Waals surface area contributed by atoms with E-state index in [1.807, 2.05) is 6.20 Å². The molecule has 3 aliphatic rings. The number of rotatable bonds is 2. The quantitative estimate of drug-likeness (QED) is 0.176. The van der Waals surface area contributed by atoms with Crippen LogP contribution in [0, 0.1) is 0 Å². The Morgan fingerprint density at radius 2 is 1.12 bits per heavy atom. The van der Waals surface area contributed by atoms with E-state index in [1.165, 1.54) is 60.5 Å². The largest absolute Gasteiger partial charge is 0.278 e. The fraction of sp³-hybridized carbons (Fsp3) is 0.0577. The van der Waals surface area contributed by atoms with E-state index in [0.29, 0.717) is 5.96 Å². The molecule has 0 radical (unpaired) electrons. The number of para-hydroxylation sites is 1. The number of aliphatic imine (C=N–C) groups is 2. The molecule has 0 bridgehead atoms. The fourth-order valence-corrected chi connectivity index (χ4v) is 10.0. The monoisotopic (exact) mass is 714 g/mol. The van der Waals surface area contributed by atoms with Crippen LogP contribution in [0.25, 0.3) is 60.7 Å². The summed E-state index contributed by atoms with van der Waals surface area (Å²) < 4.78 is 2.39. The Bertz CT molecular complexity index is 3140. The highest BCUT2D eigenvalue weighted by Crippen LogP contribution is 2.65. The average molecular weight is 715 g/mol. The lowest BCUT2D eigenvalue weighted by Gasteiger charge is -2.31. The van der Waals surface area contributed by atoms with Crippen LogP contribution in [-0.2, 0) is 5.41 Å². The van der Waals surface area contributed by atoms with Gasteiger partial charge < -0.3 is 0 Å². The molecule has 1 spiro atoms. The number of hydrogen-bond acceptors (Lipinski definition) is 3.